The minimum atomic E-state index is -4.11. The fourth-order valence-electron chi connectivity index (χ4n) is 2.25. The van der Waals surface area contributed by atoms with Gasteiger partial charge in [-0.05, 0) is 25.0 Å². The van der Waals surface area contributed by atoms with Gasteiger partial charge in [0.25, 0.3) is 5.91 Å². The number of nitrogens with one attached hydrogen (secondary N) is 1. The lowest BCUT2D eigenvalue weighted by Crippen LogP contribution is -2.33. The largest absolute Gasteiger partial charge is 0.349 e. The maximum Gasteiger partial charge on any atom is 0.254 e. The van der Waals surface area contributed by atoms with E-state index in [1.165, 1.54) is 0 Å². The second kappa shape index (κ2) is 5.67. The van der Waals surface area contributed by atoms with Crippen LogP contribution in [0.4, 0.5) is 4.39 Å². The van der Waals surface area contributed by atoms with E-state index >= 15 is 0 Å². The number of hydrogen-bond donors (Lipinski definition) is 2. The Hall–Kier alpha value is -1.18. The van der Waals surface area contributed by atoms with Gasteiger partial charge in [0.15, 0.2) is 0 Å². The van der Waals surface area contributed by atoms with Crippen molar-refractivity contribution in [1.29, 1.82) is 0 Å². The maximum atomic E-state index is 13.8. The van der Waals surface area contributed by atoms with E-state index < -0.39 is 26.6 Å². The van der Waals surface area contributed by atoms with Crippen LogP contribution in [0.3, 0.4) is 0 Å². The van der Waals surface area contributed by atoms with Crippen molar-refractivity contribution in [3.63, 3.8) is 0 Å². The molecule has 0 atom stereocenters. The van der Waals surface area contributed by atoms with E-state index in [0.29, 0.717) is 0 Å². The van der Waals surface area contributed by atoms with Crippen LogP contribution in [0.25, 0.3) is 0 Å². The topological polar surface area (TPSA) is 89.3 Å². The van der Waals surface area contributed by atoms with Crippen LogP contribution in [0.2, 0.25) is 5.02 Å². The first-order valence-corrected chi connectivity index (χ1v) is 8.04. The lowest BCUT2D eigenvalue weighted by atomic mass is 10.1. The number of halogens is 2. The van der Waals surface area contributed by atoms with Gasteiger partial charge in [0.2, 0.25) is 10.0 Å². The summed E-state index contributed by atoms with van der Waals surface area (Å²) in [5, 5.41) is 7.31. The van der Waals surface area contributed by atoms with Crippen molar-refractivity contribution in [3.8, 4) is 0 Å². The van der Waals surface area contributed by atoms with Crippen LogP contribution < -0.4 is 10.5 Å². The molecule has 1 aromatic carbocycles. The Morgan fingerprint density at radius 2 is 1.95 bits per heavy atom. The van der Waals surface area contributed by atoms with Gasteiger partial charge in [0.1, 0.15) is 10.7 Å². The first-order valence-electron chi connectivity index (χ1n) is 6.12. The number of carbonyl (C=O) groups is 1. The summed E-state index contributed by atoms with van der Waals surface area (Å²) in [4.78, 5) is 11.5. The van der Waals surface area contributed by atoms with Gasteiger partial charge in [0, 0.05) is 6.04 Å². The third-order valence-electron chi connectivity index (χ3n) is 3.26. The van der Waals surface area contributed by atoms with E-state index in [9.17, 15) is 17.6 Å². The summed E-state index contributed by atoms with van der Waals surface area (Å²) < 4.78 is 36.4. The second-order valence-electron chi connectivity index (χ2n) is 4.76. The Kier molecular flexibility index (Phi) is 4.31. The van der Waals surface area contributed by atoms with Crippen molar-refractivity contribution >= 4 is 27.5 Å². The molecule has 0 unspecified atom stereocenters. The monoisotopic (exact) mass is 320 g/mol. The molecule has 0 aromatic heterocycles. The zero-order valence-electron chi connectivity index (χ0n) is 10.5. The summed E-state index contributed by atoms with van der Waals surface area (Å²) in [6, 6.07) is 1.65. The van der Waals surface area contributed by atoms with E-state index in [0.717, 1.165) is 37.8 Å². The van der Waals surface area contributed by atoms with Crippen molar-refractivity contribution < 1.29 is 17.6 Å². The normalized spacial score (nSPS) is 16.4. The first kappa shape index (κ1) is 15.2. The molecule has 0 spiro atoms. The lowest BCUT2D eigenvalue weighted by Gasteiger charge is -2.13. The number of carbonyl (C=O) groups excluding carboxylic acids is 1. The number of benzene rings is 1. The fraction of sp³-hybridized carbons (Fsp3) is 0.417. The molecule has 1 aliphatic rings. The van der Waals surface area contributed by atoms with Gasteiger partial charge < -0.3 is 5.32 Å². The number of primary sulfonamides is 1. The van der Waals surface area contributed by atoms with Crippen molar-refractivity contribution in [3.05, 3.63) is 28.5 Å². The highest BCUT2D eigenvalue weighted by Gasteiger charge is 2.23. The molecule has 8 heteroatoms. The van der Waals surface area contributed by atoms with Crippen LogP contribution >= 0.6 is 11.6 Å². The van der Waals surface area contributed by atoms with Gasteiger partial charge in [0.05, 0.1) is 10.6 Å². The van der Waals surface area contributed by atoms with Crippen LogP contribution in [0.15, 0.2) is 17.0 Å². The summed E-state index contributed by atoms with van der Waals surface area (Å²) in [7, 11) is -4.11. The molecule has 0 saturated heterocycles. The summed E-state index contributed by atoms with van der Waals surface area (Å²) in [6.45, 7) is 0. The van der Waals surface area contributed by atoms with Crippen molar-refractivity contribution in [1.82, 2.24) is 5.32 Å². The highest BCUT2D eigenvalue weighted by molar-refractivity contribution is 7.89. The minimum Gasteiger partial charge on any atom is -0.349 e. The van der Waals surface area contributed by atoms with E-state index in [1.807, 2.05) is 0 Å². The summed E-state index contributed by atoms with van der Waals surface area (Å²) >= 11 is 5.63. The molecule has 2 rings (SSSR count). The third kappa shape index (κ3) is 3.28. The molecule has 1 aliphatic carbocycles. The standard InChI is InChI=1S/C12H14ClFN2O3S/c13-9-6-10(14)8(5-11(9)20(15,18)19)12(17)16-7-3-1-2-4-7/h5-7H,1-4H2,(H,16,17)(H2,15,18,19). The van der Waals surface area contributed by atoms with Gasteiger partial charge in [-0.2, -0.15) is 0 Å². The maximum absolute atomic E-state index is 13.8. The van der Waals surface area contributed by atoms with Gasteiger partial charge in [-0.1, -0.05) is 24.4 Å². The molecule has 1 fully saturated rings. The molecule has 1 saturated carbocycles. The van der Waals surface area contributed by atoms with E-state index in [1.54, 1.807) is 0 Å². The Morgan fingerprint density at radius 3 is 2.50 bits per heavy atom. The Morgan fingerprint density at radius 1 is 1.35 bits per heavy atom. The second-order valence-corrected chi connectivity index (χ2v) is 6.70. The van der Waals surface area contributed by atoms with Crippen molar-refractivity contribution in [2.24, 2.45) is 5.14 Å². The average Bonchev–Trinajstić information content (AvgIpc) is 2.79. The molecule has 5 nitrogen and oxygen atoms in total. The Labute approximate surface area is 121 Å². The van der Waals surface area contributed by atoms with Gasteiger partial charge in [-0.3, -0.25) is 4.79 Å². The molecule has 3 N–H and O–H groups in total. The summed E-state index contributed by atoms with van der Waals surface area (Å²) in [5.41, 5.74) is -0.370. The van der Waals surface area contributed by atoms with Crippen LogP contribution in [-0.2, 0) is 10.0 Å². The zero-order valence-corrected chi connectivity index (χ0v) is 12.1. The highest BCUT2D eigenvalue weighted by Crippen LogP contribution is 2.25. The van der Waals surface area contributed by atoms with E-state index in [4.69, 9.17) is 16.7 Å². The number of nitrogens with two attached hydrogens (primary N) is 1. The predicted octanol–water partition coefficient (Wildman–Crippen LogP) is 1.80. The molecule has 0 heterocycles. The lowest BCUT2D eigenvalue weighted by molar-refractivity contribution is 0.0933. The molecule has 0 radical (unpaired) electrons. The molecular weight excluding hydrogens is 307 g/mol. The Bertz CT molecular complexity index is 642. The van der Waals surface area contributed by atoms with Crippen LogP contribution in [0.1, 0.15) is 36.0 Å². The smallest absolute Gasteiger partial charge is 0.254 e. The molecule has 0 bridgehead atoms. The van der Waals surface area contributed by atoms with Gasteiger partial charge in [-0.15, -0.1) is 0 Å². The van der Waals surface area contributed by atoms with Crippen molar-refractivity contribution in [2.75, 3.05) is 0 Å². The third-order valence-corrected chi connectivity index (χ3v) is 4.64. The van der Waals surface area contributed by atoms with Gasteiger partial charge >= 0.3 is 0 Å². The molecule has 1 amide bonds. The number of hydrogen-bond acceptors (Lipinski definition) is 3. The quantitative estimate of drug-likeness (QED) is 0.890. The highest BCUT2D eigenvalue weighted by atomic mass is 35.5. The molecule has 110 valence electrons. The fourth-order valence-corrected chi connectivity index (χ4v) is 3.34. The summed E-state index contributed by atoms with van der Waals surface area (Å²) in [5.74, 6) is -1.53. The SMILES string of the molecule is NS(=O)(=O)c1cc(C(=O)NC2CCCC2)c(F)cc1Cl. The first-order chi connectivity index (χ1) is 9.29. The van der Waals surface area contributed by atoms with Crippen LogP contribution in [0.5, 0.6) is 0 Å². The van der Waals surface area contributed by atoms with Crippen LogP contribution in [-0.4, -0.2) is 20.4 Å². The van der Waals surface area contributed by atoms with Gasteiger partial charge in [-0.25, -0.2) is 17.9 Å². The van der Waals surface area contributed by atoms with E-state index in [2.05, 4.69) is 5.32 Å². The van der Waals surface area contributed by atoms with E-state index in [-0.39, 0.29) is 16.6 Å². The van der Waals surface area contributed by atoms with Crippen molar-refractivity contribution in [2.45, 2.75) is 36.6 Å². The molecular formula is C12H14ClFN2O3S. The predicted molar refractivity (Wildman–Crippen MR) is 72.5 cm³/mol. The number of sulfonamides is 1. The average molecular weight is 321 g/mol. The molecule has 0 aliphatic heterocycles. The minimum absolute atomic E-state index is 0.00416. The zero-order chi connectivity index (χ0) is 14.9. The molecule has 1 aromatic rings. The number of amides is 1. The van der Waals surface area contributed by atoms with Crippen LogP contribution in [0, 0.1) is 5.82 Å². The Balaban J connectivity index is 2.33. The molecule has 20 heavy (non-hydrogen) atoms. The number of rotatable bonds is 3. The summed E-state index contributed by atoms with van der Waals surface area (Å²) in [6.07, 6.45) is 3.69.